The Labute approximate surface area is 106 Å². The second-order valence-electron chi connectivity index (χ2n) is 4.52. The van der Waals surface area contributed by atoms with E-state index in [1.165, 1.54) is 13.4 Å². The van der Waals surface area contributed by atoms with Gasteiger partial charge in [-0.15, -0.1) is 0 Å². The van der Waals surface area contributed by atoms with Gasteiger partial charge in [-0.25, -0.2) is 4.98 Å². The van der Waals surface area contributed by atoms with E-state index in [9.17, 15) is 4.79 Å². The molecule has 18 heavy (non-hydrogen) atoms. The molecule has 0 spiro atoms. The SMILES string of the molecule is COc1ncnc2c1NC(=O)CCCN2C(C)C. The van der Waals surface area contributed by atoms with Crippen LogP contribution in [0.1, 0.15) is 26.7 Å². The highest BCUT2D eigenvalue weighted by Gasteiger charge is 2.24. The maximum Gasteiger partial charge on any atom is 0.242 e. The van der Waals surface area contributed by atoms with Crippen molar-refractivity contribution in [3.63, 3.8) is 0 Å². The van der Waals surface area contributed by atoms with Crippen LogP contribution in [0.3, 0.4) is 0 Å². The second-order valence-corrected chi connectivity index (χ2v) is 4.52. The molecule has 0 radical (unpaired) electrons. The zero-order chi connectivity index (χ0) is 13.1. The highest BCUT2D eigenvalue weighted by molar-refractivity contribution is 5.95. The highest BCUT2D eigenvalue weighted by Crippen LogP contribution is 2.33. The van der Waals surface area contributed by atoms with Crippen molar-refractivity contribution in [2.45, 2.75) is 32.7 Å². The molecule has 0 unspecified atom stereocenters. The number of amides is 1. The summed E-state index contributed by atoms with van der Waals surface area (Å²) in [6.45, 7) is 5.00. The molecule has 1 aromatic rings. The molecule has 2 rings (SSSR count). The molecule has 0 aliphatic carbocycles. The lowest BCUT2D eigenvalue weighted by molar-refractivity contribution is -0.116. The van der Waals surface area contributed by atoms with Gasteiger partial charge in [0.2, 0.25) is 11.8 Å². The third-order valence-electron chi connectivity index (χ3n) is 2.95. The maximum atomic E-state index is 11.7. The van der Waals surface area contributed by atoms with Crippen molar-refractivity contribution in [2.75, 3.05) is 23.9 Å². The predicted octanol–water partition coefficient (Wildman–Crippen LogP) is 1.43. The van der Waals surface area contributed by atoms with E-state index in [0.29, 0.717) is 24.0 Å². The van der Waals surface area contributed by atoms with Gasteiger partial charge in [0, 0.05) is 19.0 Å². The van der Waals surface area contributed by atoms with Crippen LogP contribution in [0.4, 0.5) is 11.5 Å². The minimum Gasteiger partial charge on any atom is -0.479 e. The van der Waals surface area contributed by atoms with E-state index in [0.717, 1.165) is 18.8 Å². The fourth-order valence-corrected chi connectivity index (χ4v) is 2.06. The lowest BCUT2D eigenvalue weighted by Crippen LogP contribution is -2.35. The lowest BCUT2D eigenvalue weighted by atomic mass is 10.2. The van der Waals surface area contributed by atoms with Gasteiger partial charge in [0.15, 0.2) is 5.82 Å². The number of methoxy groups -OCH3 is 1. The minimum absolute atomic E-state index is 0.0206. The van der Waals surface area contributed by atoms with Gasteiger partial charge in [-0.05, 0) is 20.3 Å². The van der Waals surface area contributed by atoms with Gasteiger partial charge in [-0.2, -0.15) is 4.98 Å². The van der Waals surface area contributed by atoms with E-state index in [1.807, 2.05) is 0 Å². The summed E-state index contributed by atoms with van der Waals surface area (Å²) in [4.78, 5) is 22.2. The lowest BCUT2D eigenvalue weighted by Gasteiger charge is -2.31. The topological polar surface area (TPSA) is 67.4 Å². The summed E-state index contributed by atoms with van der Waals surface area (Å²) in [6, 6.07) is 0.304. The average molecular weight is 250 g/mol. The van der Waals surface area contributed by atoms with Crippen molar-refractivity contribution in [2.24, 2.45) is 0 Å². The van der Waals surface area contributed by atoms with Crippen LogP contribution in [0.15, 0.2) is 6.33 Å². The summed E-state index contributed by atoms with van der Waals surface area (Å²) in [6.07, 6.45) is 2.78. The molecule has 1 aliphatic rings. The van der Waals surface area contributed by atoms with Crippen LogP contribution in [0.25, 0.3) is 0 Å². The number of nitrogens with zero attached hydrogens (tertiary/aromatic N) is 3. The van der Waals surface area contributed by atoms with Crippen LogP contribution >= 0.6 is 0 Å². The Morgan fingerprint density at radius 3 is 2.89 bits per heavy atom. The zero-order valence-electron chi connectivity index (χ0n) is 10.9. The molecule has 0 saturated heterocycles. The molecular formula is C12H18N4O2. The number of hydrogen-bond donors (Lipinski definition) is 1. The molecule has 6 heteroatoms. The number of hydrogen-bond acceptors (Lipinski definition) is 5. The highest BCUT2D eigenvalue weighted by atomic mass is 16.5. The van der Waals surface area contributed by atoms with Gasteiger partial charge < -0.3 is 15.0 Å². The smallest absolute Gasteiger partial charge is 0.242 e. The van der Waals surface area contributed by atoms with Crippen LogP contribution in [-0.4, -0.2) is 35.6 Å². The molecule has 1 aliphatic heterocycles. The van der Waals surface area contributed by atoms with Gasteiger partial charge in [0.05, 0.1) is 7.11 Å². The summed E-state index contributed by atoms with van der Waals surface area (Å²) in [7, 11) is 1.53. The van der Waals surface area contributed by atoms with Crippen LogP contribution in [0, 0.1) is 0 Å². The number of fused-ring (bicyclic) bond motifs is 1. The molecule has 0 aromatic carbocycles. The standard InChI is InChI=1S/C12H18N4O2/c1-8(2)16-6-4-5-9(17)15-10-11(16)13-7-14-12(10)18-3/h7-8H,4-6H2,1-3H3,(H,15,17). The fraction of sp³-hybridized carbons (Fsp3) is 0.583. The molecule has 0 atom stereocenters. The largest absolute Gasteiger partial charge is 0.479 e. The van der Waals surface area contributed by atoms with E-state index in [4.69, 9.17) is 4.74 Å². The molecular weight excluding hydrogens is 232 g/mol. The quantitative estimate of drug-likeness (QED) is 0.860. The number of nitrogens with one attached hydrogen (secondary N) is 1. The number of carbonyl (C=O) groups is 1. The molecule has 1 aromatic heterocycles. The molecule has 98 valence electrons. The molecule has 0 bridgehead atoms. The predicted molar refractivity (Wildman–Crippen MR) is 68.9 cm³/mol. The van der Waals surface area contributed by atoms with Gasteiger partial charge >= 0.3 is 0 Å². The number of ether oxygens (including phenoxy) is 1. The van der Waals surface area contributed by atoms with Crippen LogP contribution in [-0.2, 0) is 4.79 Å². The Kier molecular flexibility index (Phi) is 3.64. The van der Waals surface area contributed by atoms with Gasteiger partial charge in [0.25, 0.3) is 0 Å². The van der Waals surface area contributed by atoms with Crippen molar-refractivity contribution in [3.05, 3.63) is 6.33 Å². The number of anilines is 2. The molecule has 2 heterocycles. The molecule has 6 nitrogen and oxygen atoms in total. The van der Waals surface area contributed by atoms with Crippen molar-refractivity contribution < 1.29 is 9.53 Å². The van der Waals surface area contributed by atoms with E-state index in [1.54, 1.807) is 0 Å². The monoisotopic (exact) mass is 250 g/mol. The Morgan fingerprint density at radius 2 is 2.22 bits per heavy atom. The summed E-state index contributed by atoms with van der Waals surface area (Å²) in [5.41, 5.74) is 0.568. The first-order chi connectivity index (χ1) is 8.63. The molecule has 1 N–H and O–H groups in total. The number of aromatic nitrogens is 2. The second kappa shape index (κ2) is 5.20. The zero-order valence-corrected chi connectivity index (χ0v) is 10.9. The Balaban J connectivity index is 2.50. The van der Waals surface area contributed by atoms with E-state index < -0.39 is 0 Å². The third kappa shape index (κ3) is 2.37. The summed E-state index contributed by atoms with van der Waals surface area (Å²) >= 11 is 0. The first kappa shape index (κ1) is 12.6. The first-order valence-corrected chi connectivity index (χ1v) is 6.09. The van der Waals surface area contributed by atoms with Crippen molar-refractivity contribution in [1.82, 2.24) is 9.97 Å². The normalized spacial score (nSPS) is 15.8. The molecule has 0 saturated carbocycles. The van der Waals surface area contributed by atoms with Gasteiger partial charge in [-0.3, -0.25) is 4.79 Å². The summed E-state index contributed by atoms with van der Waals surface area (Å²) in [5, 5.41) is 2.84. The van der Waals surface area contributed by atoms with Crippen LogP contribution in [0.2, 0.25) is 0 Å². The van der Waals surface area contributed by atoms with E-state index in [2.05, 4.69) is 34.0 Å². The fourth-order valence-electron chi connectivity index (χ4n) is 2.06. The Morgan fingerprint density at radius 1 is 1.44 bits per heavy atom. The first-order valence-electron chi connectivity index (χ1n) is 6.09. The number of carbonyl (C=O) groups excluding carboxylic acids is 1. The van der Waals surface area contributed by atoms with Crippen LogP contribution < -0.4 is 15.0 Å². The number of rotatable bonds is 2. The average Bonchev–Trinajstić information content (AvgIpc) is 2.32. The van der Waals surface area contributed by atoms with Gasteiger partial charge in [0.1, 0.15) is 12.0 Å². The molecule has 1 amide bonds. The summed E-state index contributed by atoms with van der Waals surface area (Å²) in [5.74, 6) is 1.11. The minimum atomic E-state index is -0.0206. The van der Waals surface area contributed by atoms with Crippen LogP contribution in [0.5, 0.6) is 5.88 Å². The summed E-state index contributed by atoms with van der Waals surface area (Å²) < 4.78 is 5.19. The Hall–Kier alpha value is -1.85. The van der Waals surface area contributed by atoms with Crippen molar-refractivity contribution >= 4 is 17.4 Å². The Bertz CT molecular complexity index is 448. The van der Waals surface area contributed by atoms with Crippen molar-refractivity contribution in [1.29, 1.82) is 0 Å². The molecule has 0 fully saturated rings. The van der Waals surface area contributed by atoms with E-state index in [-0.39, 0.29) is 5.91 Å². The van der Waals surface area contributed by atoms with Gasteiger partial charge in [-0.1, -0.05) is 0 Å². The van der Waals surface area contributed by atoms with E-state index >= 15 is 0 Å². The van der Waals surface area contributed by atoms with Crippen molar-refractivity contribution in [3.8, 4) is 5.88 Å². The third-order valence-corrected chi connectivity index (χ3v) is 2.95. The maximum absolute atomic E-state index is 11.7.